The summed E-state index contributed by atoms with van der Waals surface area (Å²) < 4.78 is 2.30. The predicted molar refractivity (Wildman–Crippen MR) is 243 cm³/mol. The molecule has 0 aliphatic carbocycles. The molecular weight excluding hydrogens is 719 g/mol. The molecular formula is C54H37N5. The van der Waals surface area contributed by atoms with Crippen LogP contribution in [0, 0.1) is 0 Å². The highest BCUT2D eigenvalue weighted by Gasteiger charge is 2.22. The van der Waals surface area contributed by atoms with Gasteiger partial charge in [-0.2, -0.15) is 0 Å². The summed E-state index contributed by atoms with van der Waals surface area (Å²) in [5, 5.41) is 8.27. The molecule has 3 heterocycles. The first kappa shape index (κ1) is 34.4. The third-order valence-electron chi connectivity index (χ3n) is 11.4. The zero-order valence-electron chi connectivity index (χ0n) is 32.1. The predicted octanol–water partition coefficient (Wildman–Crippen LogP) is 12.9. The van der Waals surface area contributed by atoms with E-state index in [1.54, 1.807) is 0 Å². The average molecular weight is 756 g/mol. The van der Waals surface area contributed by atoms with Crippen LogP contribution in [0.3, 0.4) is 0 Å². The van der Waals surface area contributed by atoms with Gasteiger partial charge in [-0.15, -0.1) is 0 Å². The Morgan fingerprint density at radius 3 is 1.64 bits per heavy atom. The minimum absolute atomic E-state index is 0.210. The fourth-order valence-corrected chi connectivity index (χ4v) is 8.39. The number of hydrogen-bond donors (Lipinski definition) is 1. The van der Waals surface area contributed by atoms with Gasteiger partial charge >= 0.3 is 0 Å². The quantitative estimate of drug-likeness (QED) is 0.165. The Bertz CT molecular complexity index is 3190. The molecule has 1 atom stereocenters. The Balaban J connectivity index is 0.948. The molecule has 0 spiro atoms. The van der Waals surface area contributed by atoms with Crippen molar-refractivity contribution in [2.24, 2.45) is 4.99 Å². The topological polar surface area (TPSA) is 55.1 Å². The van der Waals surface area contributed by atoms with Crippen molar-refractivity contribution in [1.82, 2.24) is 19.9 Å². The first-order valence-electron chi connectivity index (χ1n) is 20.0. The minimum Gasteiger partial charge on any atom is -0.360 e. The molecule has 1 N–H and O–H groups in total. The summed E-state index contributed by atoms with van der Waals surface area (Å²) in [6.45, 7) is 0. The molecule has 5 heteroatoms. The highest BCUT2D eigenvalue weighted by molar-refractivity contribution is 6.24. The van der Waals surface area contributed by atoms with Crippen LogP contribution in [0.15, 0.2) is 218 Å². The molecule has 1 aliphatic rings. The summed E-state index contributed by atoms with van der Waals surface area (Å²) in [7, 11) is 0. The SMILES string of the molecule is C1=C(c2ccc(-c3ccc(-n4c(-c5ccccc5)nc5c6ccccc6c6ccncc6c54)cc3)cc2)NC(c2ccccc2)N=C1c1ccc(-c2ccccc2)cc1. The van der Waals surface area contributed by atoms with E-state index >= 15 is 0 Å². The summed E-state index contributed by atoms with van der Waals surface area (Å²) in [6.07, 6.45) is 5.81. The number of aliphatic imine (C=N–C) groups is 1. The molecule has 0 bridgehead atoms. The Labute approximate surface area is 342 Å². The van der Waals surface area contributed by atoms with E-state index in [1.807, 2.05) is 30.6 Å². The molecule has 0 fully saturated rings. The molecule has 11 rings (SSSR count). The van der Waals surface area contributed by atoms with Gasteiger partial charge in [0.2, 0.25) is 0 Å². The van der Waals surface area contributed by atoms with Crippen LogP contribution in [0.2, 0.25) is 0 Å². The number of allylic oxidation sites excluding steroid dienone is 1. The lowest BCUT2D eigenvalue weighted by molar-refractivity contribution is 0.664. The van der Waals surface area contributed by atoms with Crippen LogP contribution in [-0.2, 0) is 0 Å². The average Bonchev–Trinajstić information content (AvgIpc) is 3.74. The van der Waals surface area contributed by atoms with Crippen molar-refractivity contribution in [3.05, 3.63) is 229 Å². The summed E-state index contributed by atoms with van der Waals surface area (Å²) in [5.74, 6) is 0.899. The molecule has 0 saturated heterocycles. The van der Waals surface area contributed by atoms with E-state index in [4.69, 9.17) is 9.98 Å². The Morgan fingerprint density at radius 1 is 0.441 bits per heavy atom. The fraction of sp³-hybridized carbons (Fsp3) is 0.0185. The summed E-state index contributed by atoms with van der Waals surface area (Å²) in [5.41, 5.74) is 14.1. The number of hydrogen-bond acceptors (Lipinski definition) is 4. The molecule has 1 aliphatic heterocycles. The van der Waals surface area contributed by atoms with Gasteiger partial charge in [0.1, 0.15) is 12.0 Å². The molecule has 5 nitrogen and oxygen atoms in total. The molecule has 59 heavy (non-hydrogen) atoms. The number of nitrogens with one attached hydrogen (secondary N) is 1. The maximum Gasteiger partial charge on any atom is 0.145 e. The molecule has 2 aromatic heterocycles. The molecule has 0 radical (unpaired) electrons. The van der Waals surface area contributed by atoms with Crippen molar-refractivity contribution < 1.29 is 0 Å². The van der Waals surface area contributed by atoms with Gasteiger partial charge in [-0.25, -0.2) is 4.98 Å². The number of pyridine rings is 1. The standard InChI is InChI=1S/C54H37N5/c1-4-12-36(13-5-1)37-20-24-40(25-21-37)49-34-50(57-53(56-49)42-14-6-2-7-15-42)41-26-22-38(23-27-41)39-28-30-44(31-29-39)59-52-48-35-55-33-32-46(48)45-18-10-11-19-47(45)51(52)58-54(59)43-16-8-3-9-17-43/h1-35,53,57H. The van der Waals surface area contributed by atoms with Crippen LogP contribution in [0.4, 0.5) is 0 Å². The van der Waals surface area contributed by atoms with Gasteiger partial charge in [0.25, 0.3) is 0 Å². The monoisotopic (exact) mass is 755 g/mol. The normalized spacial score (nSPS) is 13.9. The highest BCUT2D eigenvalue weighted by atomic mass is 15.1. The van der Waals surface area contributed by atoms with Crippen molar-refractivity contribution in [1.29, 1.82) is 0 Å². The Morgan fingerprint density at radius 2 is 0.966 bits per heavy atom. The largest absolute Gasteiger partial charge is 0.360 e. The van der Waals surface area contributed by atoms with E-state index < -0.39 is 0 Å². The van der Waals surface area contributed by atoms with E-state index in [0.29, 0.717) is 0 Å². The van der Waals surface area contributed by atoms with Gasteiger partial charge in [-0.05, 0) is 74.0 Å². The highest BCUT2D eigenvalue weighted by Crippen LogP contribution is 2.39. The number of rotatable bonds is 7. The first-order chi connectivity index (χ1) is 29.2. The van der Waals surface area contributed by atoms with Gasteiger partial charge in [0.05, 0.1) is 16.7 Å². The molecule has 1 unspecified atom stereocenters. The number of aromatic nitrogens is 3. The Kier molecular flexibility index (Phi) is 8.48. The number of nitrogens with zero attached hydrogens (tertiary/aromatic N) is 4. The van der Waals surface area contributed by atoms with E-state index in [0.717, 1.165) is 83.5 Å². The van der Waals surface area contributed by atoms with Crippen LogP contribution in [-0.4, -0.2) is 20.2 Å². The second-order valence-electron chi connectivity index (χ2n) is 14.9. The van der Waals surface area contributed by atoms with Crippen molar-refractivity contribution >= 4 is 44.0 Å². The molecule has 0 saturated carbocycles. The summed E-state index contributed by atoms with van der Waals surface area (Å²) in [4.78, 5) is 15.1. The van der Waals surface area contributed by atoms with Crippen molar-refractivity contribution in [2.75, 3.05) is 0 Å². The zero-order chi connectivity index (χ0) is 39.1. The maximum atomic E-state index is 5.35. The number of fused-ring (bicyclic) bond motifs is 6. The van der Waals surface area contributed by atoms with Crippen LogP contribution < -0.4 is 5.32 Å². The zero-order valence-corrected chi connectivity index (χ0v) is 32.1. The lowest BCUT2D eigenvalue weighted by Crippen LogP contribution is -2.24. The molecule has 10 aromatic rings. The van der Waals surface area contributed by atoms with Gasteiger partial charge in [0.15, 0.2) is 0 Å². The lowest BCUT2D eigenvalue weighted by Gasteiger charge is -2.25. The molecule has 8 aromatic carbocycles. The van der Waals surface area contributed by atoms with Crippen LogP contribution in [0.25, 0.3) is 77.6 Å². The van der Waals surface area contributed by atoms with Crippen molar-refractivity contribution in [2.45, 2.75) is 6.17 Å². The van der Waals surface area contributed by atoms with E-state index in [9.17, 15) is 0 Å². The van der Waals surface area contributed by atoms with Crippen molar-refractivity contribution in [3.63, 3.8) is 0 Å². The van der Waals surface area contributed by atoms with E-state index in [1.165, 1.54) is 16.5 Å². The smallest absolute Gasteiger partial charge is 0.145 e. The third-order valence-corrected chi connectivity index (χ3v) is 11.4. The number of benzene rings is 8. The van der Waals surface area contributed by atoms with Crippen LogP contribution >= 0.6 is 0 Å². The van der Waals surface area contributed by atoms with Crippen LogP contribution in [0.1, 0.15) is 22.9 Å². The van der Waals surface area contributed by atoms with Gasteiger partial charge in [0, 0.05) is 40.1 Å². The molecule has 0 amide bonds. The van der Waals surface area contributed by atoms with Crippen LogP contribution in [0.5, 0.6) is 0 Å². The molecule has 278 valence electrons. The van der Waals surface area contributed by atoms with Gasteiger partial charge < -0.3 is 5.32 Å². The third kappa shape index (κ3) is 6.26. The van der Waals surface area contributed by atoms with E-state index in [-0.39, 0.29) is 6.17 Å². The van der Waals surface area contributed by atoms with Gasteiger partial charge in [-0.3, -0.25) is 14.5 Å². The minimum atomic E-state index is -0.210. The first-order valence-corrected chi connectivity index (χ1v) is 20.0. The maximum absolute atomic E-state index is 5.35. The van der Waals surface area contributed by atoms with Gasteiger partial charge in [-0.1, -0.05) is 176 Å². The second kappa shape index (κ2) is 14.6. The second-order valence-corrected chi connectivity index (χ2v) is 14.9. The fourth-order valence-electron chi connectivity index (χ4n) is 8.39. The summed E-state index contributed by atoms with van der Waals surface area (Å²) in [6, 6.07) is 68.4. The Hall–Kier alpha value is -7.89. The number of imidazole rings is 1. The lowest BCUT2D eigenvalue weighted by atomic mass is 9.98. The van der Waals surface area contributed by atoms with Crippen molar-refractivity contribution in [3.8, 4) is 39.3 Å². The van der Waals surface area contributed by atoms with E-state index in [2.05, 4.69) is 197 Å². The summed E-state index contributed by atoms with van der Waals surface area (Å²) >= 11 is 0.